The van der Waals surface area contributed by atoms with E-state index in [-0.39, 0.29) is 28.4 Å². The van der Waals surface area contributed by atoms with Crippen LogP contribution < -0.4 is 0 Å². The number of carbonyl (C=O) groups excluding carboxylic acids is 1. The van der Waals surface area contributed by atoms with Crippen molar-refractivity contribution in [3.63, 3.8) is 0 Å². The first-order chi connectivity index (χ1) is 20.1. The fourth-order valence-electron chi connectivity index (χ4n) is 5.32. The Morgan fingerprint density at radius 2 is 1.43 bits per heavy atom. The quantitative estimate of drug-likeness (QED) is 0.151. The summed E-state index contributed by atoms with van der Waals surface area (Å²) in [5.74, 6) is -1.17. The number of likely N-dealkylation sites (tertiary alicyclic amines) is 1. The second-order valence-electron chi connectivity index (χ2n) is 10.3. The molecule has 4 aromatic carbocycles. The Balaban J connectivity index is 0.00000405. The molecule has 5 rings (SSSR count). The van der Waals surface area contributed by atoms with Gasteiger partial charge in [0.1, 0.15) is 6.04 Å². The molecule has 1 aliphatic rings. The van der Waals surface area contributed by atoms with Crippen molar-refractivity contribution >= 4 is 23.3 Å². The van der Waals surface area contributed by atoms with Gasteiger partial charge in [-0.3, -0.25) is 9.89 Å². The van der Waals surface area contributed by atoms with Crippen molar-refractivity contribution in [2.75, 3.05) is 6.54 Å². The van der Waals surface area contributed by atoms with Gasteiger partial charge in [-0.05, 0) is 48.9 Å². The summed E-state index contributed by atoms with van der Waals surface area (Å²) in [6, 6.07) is 35.6. The van der Waals surface area contributed by atoms with E-state index in [1.807, 2.05) is 103 Å². The Kier molecular flexibility index (Phi) is 11.2. The van der Waals surface area contributed by atoms with Crippen molar-refractivity contribution in [3.05, 3.63) is 143 Å². The zero-order valence-corrected chi connectivity index (χ0v) is 24.3. The summed E-state index contributed by atoms with van der Waals surface area (Å²) in [6.45, 7) is 1.55. The number of benzene rings is 4. The van der Waals surface area contributed by atoms with E-state index in [0.29, 0.717) is 36.3 Å². The zero-order valence-electron chi connectivity index (χ0n) is 23.3. The fourth-order valence-corrected chi connectivity index (χ4v) is 5.32. The van der Waals surface area contributed by atoms with Crippen LogP contribution >= 0.6 is 0 Å². The molecule has 0 bridgehead atoms. The van der Waals surface area contributed by atoms with Gasteiger partial charge in [0, 0.05) is 28.6 Å². The first-order valence-electron chi connectivity index (χ1n) is 14.1. The molecule has 0 aliphatic carbocycles. The first-order valence-corrected chi connectivity index (χ1v) is 14.1. The maximum absolute atomic E-state index is 13.6. The summed E-state index contributed by atoms with van der Waals surface area (Å²) in [6.07, 6.45) is 2.65. The van der Waals surface area contributed by atoms with Crippen LogP contribution in [0, 0.1) is 0 Å². The van der Waals surface area contributed by atoms with Crippen LogP contribution in [0.5, 0.6) is 0 Å². The summed E-state index contributed by atoms with van der Waals surface area (Å²) < 4.78 is 0. The topological polar surface area (TPSA) is 84.1 Å². The third kappa shape index (κ3) is 8.03. The third-order valence-corrected chi connectivity index (χ3v) is 7.43. The van der Waals surface area contributed by atoms with Crippen LogP contribution in [0.1, 0.15) is 41.5 Å². The van der Waals surface area contributed by atoms with E-state index < -0.39 is 12.0 Å². The first kappa shape index (κ1) is 30.9. The van der Waals surface area contributed by atoms with Crippen molar-refractivity contribution in [1.29, 1.82) is 0 Å². The Morgan fingerprint density at radius 1 is 0.833 bits per heavy atom. The summed E-state index contributed by atoms with van der Waals surface area (Å²) >= 11 is 0. The molecule has 0 saturated carbocycles. The van der Waals surface area contributed by atoms with Crippen LogP contribution in [0.15, 0.2) is 120 Å². The summed E-state index contributed by atoms with van der Waals surface area (Å²) in [5.41, 5.74) is 4.67. The zero-order chi connectivity index (χ0) is 28.4. The van der Waals surface area contributed by atoms with Gasteiger partial charge >= 0.3 is 5.97 Å². The number of aliphatic imine (C=N–C) groups is 1. The Hall–Kier alpha value is -4.06. The molecule has 1 N–H and O–H groups in total. The molecular weight excluding hydrogens is 569 g/mol. The van der Waals surface area contributed by atoms with Crippen LogP contribution in [-0.4, -0.2) is 46.2 Å². The van der Waals surface area contributed by atoms with Gasteiger partial charge in [-0.2, -0.15) is 0 Å². The molecule has 2 atom stereocenters. The van der Waals surface area contributed by atoms with Crippen molar-refractivity contribution < 1.29 is 31.2 Å². The number of rotatable bonds is 11. The third-order valence-electron chi connectivity index (χ3n) is 7.43. The number of carboxylic acid groups (broad SMARTS) is 1. The average Bonchev–Trinajstić information content (AvgIpc) is 3.47. The maximum atomic E-state index is 13.6. The van der Waals surface area contributed by atoms with E-state index in [9.17, 15) is 14.7 Å². The number of amides is 1. The normalized spacial score (nSPS) is 15.9. The van der Waals surface area contributed by atoms with E-state index in [4.69, 9.17) is 4.99 Å². The second-order valence-corrected chi connectivity index (χ2v) is 10.3. The number of carbonyl (C=O) groups is 2. The van der Waals surface area contributed by atoms with Crippen LogP contribution in [0.4, 0.5) is 5.69 Å². The van der Waals surface area contributed by atoms with Crippen LogP contribution in [0.25, 0.3) is 5.32 Å². The van der Waals surface area contributed by atoms with Gasteiger partial charge < -0.3 is 15.2 Å². The number of aryl methyl sites for hydroxylation is 1. The Morgan fingerprint density at radius 3 is 2.10 bits per heavy atom. The van der Waals surface area contributed by atoms with Crippen molar-refractivity contribution in [2.45, 2.75) is 44.3 Å². The number of nitrogens with zero attached hydrogens (tertiary/aromatic N) is 3. The van der Waals surface area contributed by atoms with E-state index in [2.05, 4.69) is 22.3 Å². The summed E-state index contributed by atoms with van der Waals surface area (Å²) in [5, 5.41) is 14.7. The van der Waals surface area contributed by atoms with Crippen LogP contribution in [0.2, 0.25) is 0 Å². The number of carboxylic acids is 1. The van der Waals surface area contributed by atoms with Gasteiger partial charge in [-0.25, -0.2) is 4.79 Å². The van der Waals surface area contributed by atoms with E-state index in [1.54, 1.807) is 0 Å². The Bertz CT molecular complexity index is 1480. The number of aliphatic carboxylic acids is 1. The number of hydrogen-bond acceptors (Lipinski definition) is 4. The van der Waals surface area contributed by atoms with Gasteiger partial charge in [0.15, 0.2) is 0 Å². The molecule has 7 heteroatoms. The number of hydrogen-bond donors (Lipinski definition) is 1. The molecule has 218 valence electrons. The molecule has 4 aromatic rings. The molecule has 0 unspecified atom stereocenters. The van der Waals surface area contributed by atoms with Crippen molar-refractivity contribution in [2.24, 2.45) is 4.99 Å². The van der Waals surface area contributed by atoms with Gasteiger partial charge in [0.2, 0.25) is 0 Å². The second kappa shape index (κ2) is 15.3. The average molecular weight is 603 g/mol. The van der Waals surface area contributed by atoms with Crippen molar-refractivity contribution in [3.8, 4) is 0 Å². The maximum Gasteiger partial charge on any atom is 0.328 e. The molecule has 6 nitrogen and oxygen atoms in total. The summed E-state index contributed by atoms with van der Waals surface area (Å²) in [7, 11) is 0. The molecule has 0 radical (unpaired) electrons. The SMILES string of the molecule is O=C(O)[C@H](CCc1ccccc1)N=C(c1ccccc1)c1ccccc1[N-]C(=O)[C@@H]1CCCN1Cc1ccccc1.[Ni]. The smallest absolute Gasteiger partial charge is 0.328 e. The van der Waals surface area contributed by atoms with Gasteiger partial charge in [-0.15, -0.1) is 5.69 Å². The molecule has 1 saturated heterocycles. The number of para-hydroxylation sites is 1. The van der Waals surface area contributed by atoms with E-state index in [0.717, 1.165) is 30.5 Å². The van der Waals surface area contributed by atoms with E-state index in [1.165, 1.54) is 5.56 Å². The largest absolute Gasteiger partial charge is 0.625 e. The predicted octanol–water partition coefficient (Wildman–Crippen LogP) is 6.80. The van der Waals surface area contributed by atoms with Crippen molar-refractivity contribution in [1.82, 2.24) is 4.90 Å². The molecule has 1 heterocycles. The van der Waals surface area contributed by atoms with Gasteiger partial charge in [0.25, 0.3) is 0 Å². The van der Waals surface area contributed by atoms with E-state index >= 15 is 0 Å². The predicted molar refractivity (Wildman–Crippen MR) is 163 cm³/mol. The monoisotopic (exact) mass is 602 g/mol. The van der Waals surface area contributed by atoms with Gasteiger partial charge in [0.05, 0.1) is 17.7 Å². The molecule has 1 aliphatic heterocycles. The van der Waals surface area contributed by atoms with Crippen LogP contribution in [-0.2, 0) is 39.0 Å². The minimum Gasteiger partial charge on any atom is -0.625 e. The molecule has 0 spiro atoms. The van der Waals surface area contributed by atoms with Crippen LogP contribution in [0.3, 0.4) is 0 Å². The van der Waals surface area contributed by atoms with Gasteiger partial charge in [-0.1, -0.05) is 115 Å². The molecule has 1 amide bonds. The Labute approximate surface area is 257 Å². The standard InChI is InChI=1S/C35H35N3O3.Ni/c39-34(32-21-12-24-38(32)25-27-15-6-2-7-16-27)37-30-20-11-10-19-29(30)33(28-17-8-3-9-18-28)36-31(35(40)41)23-22-26-13-4-1-5-14-26;/h1-11,13-20,31-32H,12,21-25H2,(H2,36,37,39,40,41);/p-1/t31-,32-;/m0./s1. The minimum atomic E-state index is -0.984. The molecular formula is C35H34N3NiO3-. The minimum absolute atomic E-state index is 0. The molecule has 0 aromatic heterocycles. The molecule has 42 heavy (non-hydrogen) atoms. The fraction of sp³-hybridized carbons (Fsp3) is 0.229. The summed E-state index contributed by atoms with van der Waals surface area (Å²) in [4.78, 5) is 32.9. The molecule has 1 fully saturated rings.